The van der Waals surface area contributed by atoms with Crippen LogP contribution < -0.4 is 14.4 Å². The first-order chi connectivity index (χ1) is 13.0. The molecule has 0 unspecified atom stereocenters. The maximum absolute atomic E-state index is 2.44. The van der Waals surface area contributed by atoms with Crippen LogP contribution in [0.1, 0.15) is 5.56 Å². The summed E-state index contributed by atoms with van der Waals surface area (Å²) in [6, 6.07) is 26.4. The lowest BCUT2D eigenvalue weighted by Crippen LogP contribution is -2.36. The van der Waals surface area contributed by atoms with E-state index in [0.717, 1.165) is 6.54 Å². The van der Waals surface area contributed by atoms with Gasteiger partial charge in [0.2, 0.25) is 11.0 Å². The first kappa shape index (κ1) is 17.3. The summed E-state index contributed by atoms with van der Waals surface area (Å²) < 4.78 is 2.44. The Balaban J connectivity index is 2.03. The zero-order valence-electron chi connectivity index (χ0n) is 16.5. The van der Waals surface area contributed by atoms with Crippen LogP contribution in [-0.2, 0) is 6.54 Å². The van der Waals surface area contributed by atoms with E-state index in [-0.39, 0.29) is 0 Å². The number of aromatic nitrogens is 1. The number of hydrogen-bond acceptors (Lipinski definition) is 2. The Morgan fingerprint density at radius 3 is 1.63 bits per heavy atom. The lowest BCUT2D eigenvalue weighted by atomic mass is 10.1. The van der Waals surface area contributed by atoms with Crippen molar-refractivity contribution < 1.29 is 4.57 Å². The van der Waals surface area contributed by atoms with Gasteiger partial charge in [0.05, 0.1) is 0 Å². The molecule has 4 rings (SSSR count). The van der Waals surface area contributed by atoms with Crippen LogP contribution in [0, 0.1) is 0 Å². The van der Waals surface area contributed by atoms with Crippen molar-refractivity contribution in [2.75, 3.05) is 38.0 Å². The Kier molecular flexibility index (Phi) is 4.44. The average molecular weight is 356 g/mol. The number of pyridine rings is 1. The molecule has 136 valence electrons. The molecule has 4 aromatic rings. The molecule has 0 saturated carbocycles. The average Bonchev–Trinajstić information content (AvgIpc) is 2.67. The third kappa shape index (κ3) is 3.33. The van der Waals surface area contributed by atoms with Crippen molar-refractivity contribution in [1.82, 2.24) is 0 Å². The maximum Gasteiger partial charge on any atom is 0.215 e. The SMILES string of the molecule is CN(C)c1ccc2cc3ccc(N(C)C)cc3[n+](Cc3ccccc3)c2c1. The Bertz CT molecular complexity index is 1030. The highest BCUT2D eigenvalue weighted by atomic mass is 15.1. The molecule has 3 nitrogen and oxygen atoms in total. The molecule has 0 fully saturated rings. The second-order valence-corrected chi connectivity index (χ2v) is 7.49. The monoisotopic (exact) mass is 356 g/mol. The van der Waals surface area contributed by atoms with Gasteiger partial charge >= 0.3 is 0 Å². The molecule has 0 N–H and O–H groups in total. The van der Waals surface area contributed by atoms with Gasteiger partial charge in [0.25, 0.3) is 0 Å². The van der Waals surface area contributed by atoms with E-state index >= 15 is 0 Å². The van der Waals surface area contributed by atoms with Crippen molar-refractivity contribution in [3.63, 3.8) is 0 Å². The second kappa shape index (κ2) is 6.92. The molecule has 0 bridgehead atoms. The highest BCUT2D eigenvalue weighted by Gasteiger charge is 2.18. The predicted octanol–water partition coefficient (Wildman–Crippen LogP) is 4.46. The smallest absolute Gasteiger partial charge is 0.215 e. The van der Waals surface area contributed by atoms with E-state index in [9.17, 15) is 0 Å². The quantitative estimate of drug-likeness (QED) is 0.395. The molecule has 1 heterocycles. The standard InChI is InChI=1S/C24H26N3/c1-25(2)21-12-10-19-14-20-11-13-22(26(3)4)16-24(20)27(23(19)15-21)17-18-8-6-5-7-9-18/h5-16H,17H2,1-4H3/q+1. The highest BCUT2D eigenvalue weighted by molar-refractivity contribution is 5.91. The molecule has 27 heavy (non-hydrogen) atoms. The first-order valence-electron chi connectivity index (χ1n) is 9.32. The van der Waals surface area contributed by atoms with E-state index < -0.39 is 0 Å². The highest BCUT2D eigenvalue weighted by Crippen LogP contribution is 2.25. The van der Waals surface area contributed by atoms with Crippen LogP contribution in [0.4, 0.5) is 11.4 Å². The lowest BCUT2D eigenvalue weighted by Gasteiger charge is -2.15. The Hall–Kier alpha value is -3.07. The molecule has 0 aliphatic rings. The summed E-state index contributed by atoms with van der Waals surface area (Å²) in [5.41, 5.74) is 6.25. The number of rotatable bonds is 4. The fourth-order valence-electron chi connectivity index (χ4n) is 3.57. The van der Waals surface area contributed by atoms with E-state index in [2.05, 4.69) is 115 Å². The summed E-state index contributed by atoms with van der Waals surface area (Å²) in [6.45, 7) is 0.850. The van der Waals surface area contributed by atoms with Crippen molar-refractivity contribution in [3.8, 4) is 0 Å². The van der Waals surface area contributed by atoms with Crippen LogP contribution in [-0.4, -0.2) is 28.2 Å². The number of benzene rings is 3. The van der Waals surface area contributed by atoms with Gasteiger partial charge in [0.1, 0.15) is 0 Å². The number of fused-ring (bicyclic) bond motifs is 2. The zero-order valence-corrected chi connectivity index (χ0v) is 16.5. The van der Waals surface area contributed by atoms with Gasteiger partial charge in [-0.15, -0.1) is 0 Å². The van der Waals surface area contributed by atoms with Crippen LogP contribution in [0.25, 0.3) is 21.8 Å². The minimum absolute atomic E-state index is 0.850. The van der Waals surface area contributed by atoms with Crippen molar-refractivity contribution in [2.45, 2.75) is 6.54 Å². The van der Waals surface area contributed by atoms with Gasteiger partial charge in [-0.05, 0) is 30.3 Å². The number of hydrogen-bond donors (Lipinski definition) is 0. The van der Waals surface area contributed by atoms with E-state index in [1.165, 1.54) is 38.7 Å². The van der Waals surface area contributed by atoms with Crippen LogP contribution in [0.15, 0.2) is 72.8 Å². The second-order valence-electron chi connectivity index (χ2n) is 7.49. The van der Waals surface area contributed by atoms with E-state index in [1.54, 1.807) is 0 Å². The molecule has 0 saturated heterocycles. The molecule has 0 amide bonds. The molecule has 0 spiro atoms. The number of nitrogens with zero attached hydrogens (tertiary/aromatic N) is 3. The van der Waals surface area contributed by atoms with E-state index in [4.69, 9.17) is 0 Å². The van der Waals surface area contributed by atoms with Crippen LogP contribution in [0.3, 0.4) is 0 Å². The fraction of sp³-hybridized carbons (Fsp3) is 0.208. The molecule has 0 aliphatic carbocycles. The van der Waals surface area contributed by atoms with Crippen LogP contribution in [0.2, 0.25) is 0 Å². The van der Waals surface area contributed by atoms with Gasteiger partial charge in [-0.3, -0.25) is 0 Å². The summed E-state index contributed by atoms with van der Waals surface area (Å²) in [4.78, 5) is 4.32. The van der Waals surface area contributed by atoms with Gasteiger partial charge < -0.3 is 9.80 Å². The Morgan fingerprint density at radius 1 is 0.630 bits per heavy atom. The summed E-state index contributed by atoms with van der Waals surface area (Å²) >= 11 is 0. The van der Waals surface area contributed by atoms with E-state index in [0.29, 0.717) is 0 Å². The maximum atomic E-state index is 2.44. The van der Waals surface area contributed by atoms with Gasteiger partial charge in [-0.1, -0.05) is 30.3 Å². The molecular weight excluding hydrogens is 330 g/mol. The number of anilines is 2. The third-order valence-electron chi connectivity index (χ3n) is 5.14. The summed E-state index contributed by atoms with van der Waals surface area (Å²) in [6.07, 6.45) is 0. The van der Waals surface area contributed by atoms with Crippen molar-refractivity contribution in [2.24, 2.45) is 0 Å². The van der Waals surface area contributed by atoms with Crippen molar-refractivity contribution in [1.29, 1.82) is 0 Å². The van der Waals surface area contributed by atoms with Gasteiger partial charge in [0, 0.05) is 68.0 Å². The van der Waals surface area contributed by atoms with Crippen molar-refractivity contribution >= 4 is 33.2 Å². The summed E-state index contributed by atoms with van der Waals surface area (Å²) in [5, 5.41) is 2.53. The zero-order chi connectivity index (χ0) is 19.0. The lowest BCUT2D eigenvalue weighted by molar-refractivity contribution is -0.635. The van der Waals surface area contributed by atoms with Crippen LogP contribution >= 0.6 is 0 Å². The third-order valence-corrected chi connectivity index (χ3v) is 5.14. The molecule has 0 atom stereocenters. The minimum Gasteiger partial charge on any atom is -0.377 e. The predicted molar refractivity (Wildman–Crippen MR) is 116 cm³/mol. The molecule has 3 aromatic carbocycles. The molecule has 0 aliphatic heterocycles. The first-order valence-corrected chi connectivity index (χ1v) is 9.32. The topological polar surface area (TPSA) is 10.4 Å². The minimum atomic E-state index is 0.850. The van der Waals surface area contributed by atoms with Gasteiger partial charge in [-0.2, -0.15) is 4.57 Å². The normalized spacial score (nSPS) is 11.1. The molecule has 1 aromatic heterocycles. The summed E-state index contributed by atoms with van der Waals surface area (Å²) in [7, 11) is 8.36. The van der Waals surface area contributed by atoms with Gasteiger partial charge in [0.15, 0.2) is 6.54 Å². The van der Waals surface area contributed by atoms with E-state index in [1.807, 2.05) is 0 Å². The largest absolute Gasteiger partial charge is 0.377 e. The van der Waals surface area contributed by atoms with Crippen LogP contribution in [0.5, 0.6) is 0 Å². The Morgan fingerprint density at radius 2 is 1.15 bits per heavy atom. The molecule has 0 radical (unpaired) electrons. The fourth-order valence-corrected chi connectivity index (χ4v) is 3.57. The summed E-state index contributed by atoms with van der Waals surface area (Å²) in [5.74, 6) is 0. The Labute approximate surface area is 161 Å². The molecule has 3 heteroatoms. The molecular formula is C24H26N3+. The van der Waals surface area contributed by atoms with Crippen molar-refractivity contribution in [3.05, 3.63) is 78.4 Å². The van der Waals surface area contributed by atoms with Gasteiger partial charge in [-0.25, -0.2) is 0 Å².